The first-order valence-corrected chi connectivity index (χ1v) is 6.09. The average molecular weight is 259 g/mol. The van der Waals surface area contributed by atoms with Gasteiger partial charge in [-0.2, -0.15) is 0 Å². The molecule has 1 unspecified atom stereocenters. The van der Waals surface area contributed by atoms with Gasteiger partial charge in [-0.1, -0.05) is 0 Å². The number of carboxylic acid groups (broad SMARTS) is 1. The summed E-state index contributed by atoms with van der Waals surface area (Å²) in [6, 6.07) is -0.897. The Hall–Kier alpha value is -1.14. The van der Waals surface area contributed by atoms with Crippen molar-refractivity contribution in [1.29, 1.82) is 0 Å². The van der Waals surface area contributed by atoms with Crippen LogP contribution in [0.4, 0.5) is 0 Å². The summed E-state index contributed by atoms with van der Waals surface area (Å²) >= 11 is 0. The monoisotopic (exact) mass is 259 g/mol. The summed E-state index contributed by atoms with van der Waals surface area (Å²) in [5.41, 5.74) is -0.381. The van der Waals surface area contributed by atoms with E-state index in [-0.39, 0.29) is 24.3 Å². The number of hydrogen-bond donors (Lipinski definition) is 2. The van der Waals surface area contributed by atoms with Crippen LogP contribution in [-0.2, 0) is 19.1 Å². The van der Waals surface area contributed by atoms with Crippen LogP contribution in [-0.4, -0.2) is 49.5 Å². The number of carbonyl (C=O) groups is 2. The van der Waals surface area contributed by atoms with E-state index in [4.69, 9.17) is 14.6 Å². The second-order valence-electron chi connectivity index (χ2n) is 4.66. The number of carbonyl (C=O) groups excluding carboxylic acids is 1. The highest BCUT2D eigenvalue weighted by atomic mass is 16.5. The van der Waals surface area contributed by atoms with Gasteiger partial charge in [-0.25, -0.2) is 4.79 Å². The molecule has 18 heavy (non-hydrogen) atoms. The molecule has 1 atom stereocenters. The largest absolute Gasteiger partial charge is 0.480 e. The van der Waals surface area contributed by atoms with Crippen LogP contribution in [0.2, 0.25) is 0 Å². The Bertz CT molecular complexity index is 295. The summed E-state index contributed by atoms with van der Waals surface area (Å²) in [5.74, 6) is -1.32. The Morgan fingerprint density at radius 1 is 1.39 bits per heavy atom. The number of ether oxygens (including phenoxy) is 2. The highest BCUT2D eigenvalue weighted by Gasteiger charge is 2.39. The van der Waals surface area contributed by atoms with E-state index in [0.717, 1.165) is 19.3 Å². The molecule has 104 valence electrons. The minimum atomic E-state index is -1.04. The minimum Gasteiger partial charge on any atom is -0.480 e. The van der Waals surface area contributed by atoms with Crippen LogP contribution in [0, 0.1) is 0 Å². The summed E-state index contributed by atoms with van der Waals surface area (Å²) in [4.78, 5) is 22.8. The lowest BCUT2D eigenvalue weighted by Gasteiger charge is -2.40. The summed E-state index contributed by atoms with van der Waals surface area (Å²) in [7, 11) is 3.08. The van der Waals surface area contributed by atoms with Gasteiger partial charge in [0.05, 0.1) is 12.0 Å². The van der Waals surface area contributed by atoms with Crippen molar-refractivity contribution in [2.24, 2.45) is 0 Å². The maximum atomic E-state index is 11.8. The van der Waals surface area contributed by atoms with Crippen molar-refractivity contribution in [3.63, 3.8) is 0 Å². The molecule has 0 aromatic carbocycles. The molecule has 0 radical (unpaired) electrons. The lowest BCUT2D eigenvalue weighted by atomic mass is 9.77. The zero-order valence-corrected chi connectivity index (χ0v) is 10.9. The van der Waals surface area contributed by atoms with Gasteiger partial charge >= 0.3 is 5.97 Å². The molecule has 2 N–H and O–H groups in total. The van der Waals surface area contributed by atoms with Crippen LogP contribution < -0.4 is 5.32 Å². The number of nitrogens with one attached hydrogen (secondary N) is 1. The van der Waals surface area contributed by atoms with E-state index < -0.39 is 12.0 Å². The van der Waals surface area contributed by atoms with Crippen molar-refractivity contribution in [2.75, 3.05) is 20.8 Å². The van der Waals surface area contributed by atoms with E-state index in [1.165, 1.54) is 7.11 Å². The van der Waals surface area contributed by atoms with Gasteiger partial charge in [0.1, 0.15) is 6.04 Å². The predicted octanol–water partition coefficient (Wildman–Crippen LogP) is 0.552. The molecule has 0 aromatic heterocycles. The molecule has 0 aliphatic heterocycles. The van der Waals surface area contributed by atoms with E-state index in [0.29, 0.717) is 6.61 Å². The first-order chi connectivity index (χ1) is 8.53. The highest BCUT2D eigenvalue weighted by molar-refractivity contribution is 5.84. The van der Waals surface area contributed by atoms with Gasteiger partial charge in [-0.3, -0.25) is 4.79 Å². The molecule has 1 rings (SSSR count). The standard InChI is InChI=1S/C12H21NO5/c1-17-7-4-9(11(15)16)13-10(14)8-12(18-2)5-3-6-12/h9H,3-8H2,1-2H3,(H,13,14)(H,15,16). The molecular formula is C12H21NO5. The Morgan fingerprint density at radius 2 is 2.06 bits per heavy atom. The number of methoxy groups -OCH3 is 2. The Morgan fingerprint density at radius 3 is 2.44 bits per heavy atom. The van der Waals surface area contributed by atoms with E-state index in [2.05, 4.69) is 5.32 Å². The summed E-state index contributed by atoms with van der Waals surface area (Å²) in [5, 5.41) is 11.5. The fraction of sp³-hybridized carbons (Fsp3) is 0.833. The first-order valence-electron chi connectivity index (χ1n) is 6.09. The zero-order valence-electron chi connectivity index (χ0n) is 10.9. The van der Waals surface area contributed by atoms with Crippen molar-refractivity contribution in [3.05, 3.63) is 0 Å². The van der Waals surface area contributed by atoms with Crippen LogP contribution in [0.25, 0.3) is 0 Å². The van der Waals surface area contributed by atoms with Crippen LogP contribution in [0.5, 0.6) is 0 Å². The quantitative estimate of drug-likeness (QED) is 0.665. The van der Waals surface area contributed by atoms with Crippen LogP contribution in [0.15, 0.2) is 0 Å². The van der Waals surface area contributed by atoms with Gasteiger partial charge < -0.3 is 19.9 Å². The number of amides is 1. The highest BCUT2D eigenvalue weighted by Crippen LogP contribution is 2.37. The molecule has 1 aliphatic rings. The molecular weight excluding hydrogens is 238 g/mol. The number of rotatable bonds is 8. The lowest BCUT2D eigenvalue weighted by molar-refractivity contribution is -0.145. The maximum Gasteiger partial charge on any atom is 0.326 e. The second kappa shape index (κ2) is 6.70. The van der Waals surface area contributed by atoms with Crippen LogP contribution in [0.1, 0.15) is 32.1 Å². The second-order valence-corrected chi connectivity index (χ2v) is 4.66. The van der Waals surface area contributed by atoms with E-state index in [9.17, 15) is 9.59 Å². The molecule has 0 aromatic rings. The van der Waals surface area contributed by atoms with Gasteiger partial charge in [0.25, 0.3) is 0 Å². The first kappa shape index (κ1) is 14.9. The van der Waals surface area contributed by atoms with Gasteiger partial charge in [0, 0.05) is 27.2 Å². The minimum absolute atomic E-state index is 0.222. The SMILES string of the molecule is COCCC(NC(=O)CC1(OC)CCC1)C(=O)O. The molecule has 0 saturated heterocycles. The van der Waals surface area contributed by atoms with Crippen molar-refractivity contribution in [1.82, 2.24) is 5.32 Å². The fourth-order valence-electron chi connectivity index (χ4n) is 2.06. The molecule has 6 nitrogen and oxygen atoms in total. The zero-order chi connectivity index (χ0) is 13.6. The maximum absolute atomic E-state index is 11.8. The smallest absolute Gasteiger partial charge is 0.326 e. The van der Waals surface area contributed by atoms with Gasteiger partial charge in [-0.05, 0) is 19.3 Å². The third-order valence-electron chi connectivity index (χ3n) is 3.42. The van der Waals surface area contributed by atoms with E-state index >= 15 is 0 Å². The van der Waals surface area contributed by atoms with Crippen molar-refractivity contribution < 1.29 is 24.2 Å². The number of aliphatic carboxylic acids is 1. The van der Waals surface area contributed by atoms with Gasteiger partial charge in [0.15, 0.2) is 0 Å². The van der Waals surface area contributed by atoms with E-state index in [1.807, 2.05) is 0 Å². The third kappa shape index (κ3) is 3.96. The molecule has 6 heteroatoms. The number of carboxylic acids is 1. The van der Waals surface area contributed by atoms with E-state index in [1.54, 1.807) is 7.11 Å². The molecule has 1 amide bonds. The van der Waals surface area contributed by atoms with Crippen LogP contribution in [0.3, 0.4) is 0 Å². The van der Waals surface area contributed by atoms with Gasteiger partial charge in [0.2, 0.25) is 5.91 Å². The summed E-state index contributed by atoms with van der Waals surface area (Å²) in [6.07, 6.45) is 3.24. The van der Waals surface area contributed by atoms with Crippen LogP contribution >= 0.6 is 0 Å². The Labute approximate surface area is 107 Å². The third-order valence-corrected chi connectivity index (χ3v) is 3.42. The van der Waals surface area contributed by atoms with Crippen molar-refractivity contribution >= 4 is 11.9 Å². The summed E-state index contributed by atoms with van der Waals surface area (Å²) in [6.45, 7) is 0.298. The Balaban J connectivity index is 2.43. The normalized spacial score (nSPS) is 18.8. The molecule has 1 fully saturated rings. The molecule has 0 heterocycles. The van der Waals surface area contributed by atoms with Gasteiger partial charge in [-0.15, -0.1) is 0 Å². The molecule has 1 saturated carbocycles. The average Bonchev–Trinajstić information content (AvgIpc) is 2.28. The predicted molar refractivity (Wildman–Crippen MR) is 64.3 cm³/mol. The number of hydrogen-bond acceptors (Lipinski definition) is 4. The molecule has 0 bridgehead atoms. The lowest BCUT2D eigenvalue weighted by Crippen LogP contribution is -2.48. The van der Waals surface area contributed by atoms with Crippen molar-refractivity contribution in [3.8, 4) is 0 Å². The topological polar surface area (TPSA) is 84.9 Å². The molecule has 0 spiro atoms. The van der Waals surface area contributed by atoms with Crippen molar-refractivity contribution in [2.45, 2.75) is 43.7 Å². The fourth-order valence-corrected chi connectivity index (χ4v) is 2.06. The summed E-state index contributed by atoms with van der Waals surface area (Å²) < 4.78 is 10.2. The molecule has 1 aliphatic carbocycles. The Kier molecular flexibility index (Phi) is 5.55.